The molecule has 0 radical (unpaired) electrons. The number of anilines is 1. The van der Waals surface area contributed by atoms with Gasteiger partial charge in [-0.05, 0) is 49.4 Å². The van der Waals surface area contributed by atoms with E-state index in [4.69, 9.17) is 27.9 Å². The van der Waals surface area contributed by atoms with Crippen molar-refractivity contribution < 1.29 is 9.53 Å². The average Bonchev–Trinajstić information content (AvgIpc) is 3.24. The Morgan fingerprint density at radius 2 is 1.88 bits per heavy atom. The fraction of sp³-hybridized carbons (Fsp3) is 0.130. The third-order valence-corrected chi connectivity index (χ3v) is 6.85. The molecule has 0 bridgehead atoms. The van der Waals surface area contributed by atoms with Crippen molar-refractivity contribution in [2.75, 3.05) is 12.4 Å². The quantitative estimate of drug-likeness (QED) is 0.251. The summed E-state index contributed by atoms with van der Waals surface area (Å²) in [6, 6.07) is 16.5. The predicted octanol–water partition coefficient (Wildman–Crippen LogP) is 6.53. The summed E-state index contributed by atoms with van der Waals surface area (Å²) in [4.78, 5) is 16.9. The van der Waals surface area contributed by atoms with Crippen LogP contribution in [0.25, 0.3) is 17.1 Å². The van der Waals surface area contributed by atoms with E-state index in [-0.39, 0.29) is 5.91 Å². The van der Waals surface area contributed by atoms with Crippen LogP contribution in [0.15, 0.2) is 70.4 Å². The fourth-order valence-electron chi connectivity index (χ4n) is 3.05. The Labute approximate surface area is 219 Å². The minimum absolute atomic E-state index is 0.229. The van der Waals surface area contributed by atoms with Crippen LogP contribution in [0.4, 0.5) is 5.82 Å². The van der Waals surface area contributed by atoms with E-state index in [2.05, 4.69) is 36.4 Å². The number of rotatable bonds is 7. The number of methoxy groups -OCH3 is 1. The molecule has 0 spiro atoms. The van der Waals surface area contributed by atoms with E-state index in [0.29, 0.717) is 32.6 Å². The van der Waals surface area contributed by atoms with E-state index in [1.54, 1.807) is 38.3 Å². The van der Waals surface area contributed by atoms with Gasteiger partial charge in [0.05, 0.1) is 28.1 Å². The molecule has 4 rings (SSSR count). The molecule has 2 aromatic heterocycles. The van der Waals surface area contributed by atoms with Gasteiger partial charge in [0.1, 0.15) is 11.6 Å². The number of carbonyl (C=O) groups is 1. The molecule has 0 unspecified atom stereocenters. The van der Waals surface area contributed by atoms with E-state index in [9.17, 15) is 4.79 Å². The van der Waals surface area contributed by atoms with Gasteiger partial charge in [0.2, 0.25) is 5.91 Å². The number of hydrogen-bond donors (Lipinski definition) is 1. The highest BCUT2D eigenvalue weighted by molar-refractivity contribution is 9.10. The minimum atomic E-state index is -0.494. The second-order valence-corrected chi connectivity index (χ2v) is 10.1. The maximum atomic E-state index is 12.8. The molecular weight excluding hydrogens is 561 g/mol. The van der Waals surface area contributed by atoms with Gasteiger partial charge in [0.25, 0.3) is 0 Å². The highest BCUT2D eigenvalue weighted by Gasteiger charge is 2.23. The van der Waals surface area contributed by atoms with E-state index in [1.807, 2.05) is 34.9 Å². The summed E-state index contributed by atoms with van der Waals surface area (Å²) in [7, 11) is 1.56. The van der Waals surface area contributed by atoms with Crippen molar-refractivity contribution in [3.63, 3.8) is 0 Å². The molecule has 0 aliphatic heterocycles. The predicted molar refractivity (Wildman–Crippen MR) is 139 cm³/mol. The molecule has 0 aliphatic rings. The lowest BCUT2D eigenvalue weighted by molar-refractivity contribution is -0.115. The number of nitrogens with zero attached hydrogens (tertiary/aromatic N) is 4. The summed E-state index contributed by atoms with van der Waals surface area (Å²) in [5.41, 5.74) is 1.60. The Morgan fingerprint density at radius 3 is 2.53 bits per heavy atom. The summed E-state index contributed by atoms with van der Waals surface area (Å²) < 4.78 is 8.10. The number of thioether (sulfide) groups is 1. The summed E-state index contributed by atoms with van der Waals surface area (Å²) >= 11 is 17.0. The van der Waals surface area contributed by atoms with Gasteiger partial charge in [-0.15, -0.1) is 10.2 Å². The summed E-state index contributed by atoms with van der Waals surface area (Å²) in [5.74, 6) is 1.36. The first-order valence-electron chi connectivity index (χ1n) is 10.00. The number of carbonyl (C=O) groups excluding carboxylic acids is 1. The third kappa shape index (κ3) is 5.55. The maximum Gasteiger partial charge on any atom is 0.238 e. The van der Waals surface area contributed by atoms with Gasteiger partial charge in [-0.3, -0.25) is 9.36 Å². The van der Waals surface area contributed by atoms with E-state index in [1.165, 1.54) is 18.0 Å². The van der Waals surface area contributed by atoms with Gasteiger partial charge in [-0.25, -0.2) is 4.98 Å². The highest BCUT2D eigenvalue weighted by Crippen LogP contribution is 2.34. The topological polar surface area (TPSA) is 81.9 Å². The van der Waals surface area contributed by atoms with Crippen molar-refractivity contribution in [2.24, 2.45) is 0 Å². The molecule has 0 saturated carbocycles. The molecular formula is C23H18BrCl2N5O2S. The lowest BCUT2D eigenvalue weighted by Crippen LogP contribution is -2.23. The molecule has 2 aromatic carbocycles. The first kappa shape index (κ1) is 24.5. The van der Waals surface area contributed by atoms with Crippen molar-refractivity contribution in [1.29, 1.82) is 0 Å². The third-order valence-electron chi connectivity index (χ3n) is 4.76. The monoisotopic (exact) mass is 577 g/mol. The Hall–Kier alpha value is -2.59. The molecule has 4 aromatic rings. The number of halogens is 3. The van der Waals surface area contributed by atoms with Crippen LogP contribution in [-0.2, 0) is 4.79 Å². The van der Waals surface area contributed by atoms with Crippen LogP contribution in [-0.4, -0.2) is 38.0 Å². The first-order valence-corrected chi connectivity index (χ1v) is 12.4. The molecule has 0 saturated heterocycles. The minimum Gasteiger partial charge on any atom is -0.495 e. The lowest BCUT2D eigenvalue weighted by atomic mass is 10.2. The average molecular weight is 579 g/mol. The molecule has 11 heteroatoms. The number of pyridine rings is 1. The van der Waals surface area contributed by atoms with Gasteiger partial charge < -0.3 is 10.1 Å². The van der Waals surface area contributed by atoms with Crippen LogP contribution >= 0.6 is 50.9 Å². The van der Waals surface area contributed by atoms with Crippen molar-refractivity contribution in [1.82, 2.24) is 19.7 Å². The van der Waals surface area contributed by atoms with E-state index in [0.717, 1.165) is 15.7 Å². The van der Waals surface area contributed by atoms with Crippen LogP contribution in [0.2, 0.25) is 10.0 Å². The molecule has 0 aliphatic carbocycles. The fourth-order valence-corrected chi connectivity index (χ4v) is 4.54. The largest absolute Gasteiger partial charge is 0.495 e. The van der Waals surface area contributed by atoms with Crippen LogP contribution in [0.5, 0.6) is 5.75 Å². The molecule has 0 fully saturated rings. The smallest absolute Gasteiger partial charge is 0.238 e. The number of aromatic nitrogens is 4. The zero-order valence-corrected chi connectivity index (χ0v) is 21.9. The van der Waals surface area contributed by atoms with E-state index >= 15 is 0 Å². The number of benzene rings is 2. The van der Waals surface area contributed by atoms with Gasteiger partial charge in [-0.2, -0.15) is 0 Å². The SMILES string of the molecule is COc1ccc(-n2c(S[C@@H](C)C(=O)Nc3ccc(Cl)cn3)nnc2-c2ccc(Br)cc2)cc1Cl. The second-order valence-electron chi connectivity index (χ2n) is 7.08. The molecule has 174 valence electrons. The normalized spacial score (nSPS) is 11.8. The van der Waals surface area contributed by atoms with Gasteiger partial charge in [-0.1, -0.05) is 63.0 Å². The summed E-state index contributed by atoms with van der Waals surface area (Å²) in [6.07, 6.45) is 1.48. The molecule has 2 heterocycles. The molecule has 1 N–H and O–H groups in total. The Kier molecular flexibility index (Phi) is 7.77. The van der Waals surface area contributed by atoms with Crippen molar-refractivity contribution >= 4 is 62.6 Å². The lowest BCUT2D eigenvalue weighted by Gasteiger charge is -2.15. The Bertz CT molecular complexity index is 1320. The van der Waals surface area contributed by atoms with Gasteiger partial charge in [0.15, 0.2) is 11.0 Å². The zero-order chi connectivity index (χ0) is 24.2. The number of hydrogen-bond acceptors (Lipinski definition) is 6. The maximum absolute atomic E-state index is 12.8. The van der Waals surface area contributed by atoms with Gasteiger partial charge in [0, 0.05) is 16.2 Å². The van der Waals surface area contributed by atoms with Crippen LogP contribution < -0.4 is 10.1 Å². The Morgan fingerprint density at radius 1 is 1.12 bits per heavy atom. The second kappa shape index (κ2) is 10.8. The van der Waals surface area contributed by atoms with E-state index < -0.39 is 5.25 Å². The van der Waals surface area contributed by atoms with Crippen molar-refractivity contribution in [2.45, 2.75) is 17.3 Å². The van der Waals surface area contributed by atoms with Gasteiger partial charge >= 0.3 is 0 Å². The number of ether oxygens (including phenoxy) is 1. The number of amides is 1. The standard InChI is InChI=1S/C23H18BrCl2N5O2S/c1-13(22(32)28-20-10-7-16(25)12-27-20)34-23-30-29-21(14-3-5-15(24)6-4-14)31(23)17-8-9-19(33-2)18(26)11-17/h3-13H,1-2H3,(H,27,28,32)/t13-/m0/s1. The van der Waals surface area contributed by atoms with Crippen LogP contribution in [0.3, 0.4) is 0 Å². The number of nitrogens with one attached hydrogen (secondary N) is 1. The van der Waals surface area contributed by atoms with Crippen molar-refractivity contribution in [3.8, 4) is 22.8 Å². The molecule has 1 amide bonds. The summed E-state index contributed by atoms with van der Waals surface area (Å²) in [6.45, 7) is 1.79. The summed E-state index contributed by atoms with van der Waals surface area (Å²) in [5, 5.41) is 12.6. The zero-order valence-electron chi connectivity index (χ0n) is 18.0. The molecule has 7 nitrogen and oxygen atoms in total. The molecule has 34 heavy (non-hydrogen) atoms. The molecule has 1 atom stereocenters. The van der Waals surface area contributed by atoms with Crippen molar-refractivity contribution in [3.05, 3.63) is 75.3 Å². The Balaban J connectivity index is 1.67. The van der Waals surface area contributed by atoms with Crippen LogP contribution in [0, 0.1) is 0 Å². The highest BCUT2D eigenvalue weighted by atomic mass is 79.9. The first-order chi connectivity index (χ1) is 16.4. The van der Waals surface area contributed by atoms with Crippen LogP contribution in [0.1, 0.15) is 6.92 Å².